The third-order valence-corrected chi connectivity index (χ3v) is 6.27. The quantitative estimate of drug-likeness (QED) is 0.239. The Morgan fingerprint density at radius 2 is 2.11 bits per heavy atom. The average Bonchev–Trinajstić information content (AvgIpc) is 3.26. The van der Waals surface area contributed by atoms with Crippen molar-refractivity contribution < 1.29 is 26.9 Å². The number of carbonyl (C=O) groups is 1. The Morgan fingerprint density at radius 1 is 1.25 bits per heavy atom. The van der Waals surface area contributed by atoms with Crippen LogP contribution in [-0.2, 0) is 14.9 Å². The van der Waals surface area contributed by atoms with Gasteiger partial charge in [0.05, 0.1) is 12.4 Å². The number of hydrogen-bond acceptors (Lipinski definition) is 8. The Hall–Kier alpha value is -3.15. The fourth-order valence-corrected chi connectivity index (χ4v) is 4.08. The summed E-state index contributed by atoms with van der Waals surface area (Å²) in [5.41, 5.74) is 7.73. The lowest BCUT2D eigenvalue weighted by atomic mass is 10.1. The van der Waals surface area contributed by atoms with E-state index in [1.807, 2.05) is 47.5 Å². The Kier molecular flexibility index (Phi) is 10.5. The second kappa shape index (κ2) is 13.8. The van der Waals surface area contributed by atoms with Crippen LogP contribution in [0.1, 0.15) is 38.0 Å². The van der Waals surface area contributed by atoms with Gasteiger partial charge in [-0.3, -0.25) is 9.35 Å². The van der Waals surface area contributed by atoms with Crippen molar-refractivity contribution in [3.05, 3.63) is 54.1 Å². The number of unbranched alkanes of at least 4 members (excludes halogenated alkanes) is 2. The molecule has 11 heteroatoms. The fourth-order valence-electron chi connectivity index (χ4n) is 3.59. The molecule has 0 spiro atoms. The number of nitrogens with zero attached hydrogens (tertiary/aromatic N) is 2. The number of nitrogens with two attached hydrogens (primary N) is 1. The normalized spacial score (nSPS) is 13.9. The van der Waals surface area contributed by atoms with Crippen LogP contribution < -0.4 is 15.8 Å². The van der Waals surface area contributed by atoms with Crippen LogP contribution in [0.2, 0.25) is 0 Å². The average molecular weight is 519 g/mol. The van der Waals surface area contributed by atoms with Crippen molar-refractivity contribution >= 4 is 33.2 Å². The molecule has 1 aliphatic rings. The maximum Gasteiger partial charge on any atom is 0.264 e. The number of fused-ring (bicyclic) bond motifs is 1. The third-order valence-electron chi connectivity index (χ3n) is 5.47. The van der Waals surface area contributed by atoms with E-state index in [4.69, 9.17) is 19.4 Å². The first-order valence-electron chi connectivity index (χ1n) is 12.1. The van der Waals surface area contributed by atoms with E-state index < -0.39 is 10.1 Å². The summed E-state index contributed by atoms with van der Waals surface area (Å²) in [5, 5.41) is 2.76. The number of carbonyl (C=O) groups excluding carboxylic acids is 1. The van der Waals surface area contributed by atoms with E-state index in [0.717, 1.165) is 30.4 Å². The number of allylic oxidation sites excluding steroid dienone is 3. The largest absolute Gasteiger partial charge is 0.493 e. The molecular weight excluding hydrogens is 484 g/mol. The highest BCUT2D eigenvalue weighted by atomic mass is 32.2. The summed E-state index contributed by atoms with van der Waals surface area (Å²) >= 11 is 0. The molecule has 10 nitrogen and oxygen atoms in total. The zero-order valence-corrected chi connectivity index (χ0v) is 21.1. The molecule has 36 heavy (non-hydrogen) atoms. The fraction of sp³-hybridized carbons (Fsp3) is 0.440. The molecule has 1 aromatic heterocycles. The first-order valence-corrected chi connectivity index (χ1v) is 13.7. The number of benzene rings is 1. The molecule has 1 aliphatic heterocycles. The highest BCUT2D eigenvalue weighted by Gasteiger charge is 2.09. The van der Waals surface area contributed by atoms with Gasteiger partial charge in [0, 0.05) is 44.7 Å². The molecule has 0 unspecified atom stereocenters. The molecule has 1 aromatic carbocycles. The topological polar surface area (TPSA) is 148 Å². The van der Waals surface area contributed by atoms with Crippen LogP contribution in [0.3, 0.4) is 0 Å². The van der Waals surface area contributed by atoms with Crippen LogP contribution in [0.25, 0.3) is 17.2 Å². The molecule has 0 atom stereocenters. The van der Waals surface area contributed by atoms with Gasteiger partial charge in [-0.25, -0.2) is 4.98 Å². The van der Waals surface area contributed by atoms with Gasteiger partial charge in [0.1, 0.15) is 11.3 Å². The first kappa shape index (κ1) is 27.4. The summed E-state index contributed by atoms with van der Waals surface area (Å²) in [5.74, 6) is 0.990. The zero-order chi connectivity index (χ0) is 25.8. The van der Waals surface area contributed by atoms with Gasteiger partial charge in [-0.1, -0.05) is 6.08 Å². The van der Waals surface area contributed by atoms with Crippen molar-refractivity contribution in [3.63, 3.8) is 0 Å². The van der Waals surface area contributed by atoms with Gasteiger partial charge in [-0.05, 0) is 61.7 Å². The summed E-state index contributed by atoms with van der Waals surface area (Å²) < 4.78 is 42.1. The van der Waals surface area contributed by atoms with E-state index in [2.05, 4.69) is 10.3 Å². The Balaban J connectivity index is 1.41. The smallest absolute Gasteiger partial charge is 0.264 e. The SMILES string of the molecule is NCCNC(=O)CCCCCOc1ccc2nc(/C=C/C3=CCN(CCCS(=O)(=O)O)C=C3)oc2c1. The van der Waals surface area contributed by atoms with Crippen molar-refractivity contribution in [2.75, 3.05) is 38.5 Å². The Bertz CT molecular complexity index is 1200. The van der Waals surface area contributed by atoms with Gasteiger partial charge in [-0.2, -0.15) is 8.42 Å². The van der Waals surface area contributed by atoms with Gasteiger partial charge in [-0.15, -0.1) is 0 Å². The van der Waals surface area contributed by atoms with E-state index in [0.29, 0.717) is 62.9 Å². The van der Waals surface area contributed by atoms with Crippen molar-refractivity contribution in [2.45, 2.75) is 32.1 Å². The molecule has 4 N–H and O–H groups in total. The monoisotopic (exact) mass is 518 g/mol. The highest BCUT2D eigenvalue weighted by molar-refractivity contribution is 7.85. The molecule has 0 fully saturated rings. The number of oxazole rings is 1. The summed E-state index contributed by atoms with van der Waals surface area (Å²) in [6.45, 7) is 2.72. The van der Waals surface area contributed by atoms with E-state index in [-0.39, 0.29) is 11.7 Å². The number of aromatic nitrogens is 1. The molecule has 2 heterocycles. The molecule has 0 aliphatic carbocycles. The van der Waals surface area contributed by atoms with Crippen LogP contribution in [-0.4, -0.2) is 67.3 Å². The minimum Gasteiger partial charge on any atom is -0.493 e. The number of ether oxygens (including phenoxy) is 1. The Labute approximate surface area is 211 Å². The van der Waals surface area contributed by atoms with Gasteiger partial charge in [0.2, 0.25) is 11.8 Å². The van der Waals surface area contributed by atoms with Crippen molar-refractivity contribution in [2.24, 2.45) is 5.73 Å². The lowest BCUT2D eigenvalue weighted by Crippen LogP contribution is -2.28. The van der Waals surface area contributed by atoms with Crippen LogP contribution in [0, 0.1) is 0 Å². The zero-order valence-electron chi connectivity index (χ0n) is 20.3. The van der Waals surface area contributed by atoms with Gasteiger partial charge in [0.15, 0.2) is 5.58 Å². The maximum absolute atomic E-state index is 11.5. The maximum atomic E-state index is 11.5. The number of nitrogens with one attached hydrogen (secondary N) is 1. The van der Waals surface area contributed by atoms with E-state index >= 15 is 0 Å². The molecule has 0 saturated carbocycles. The second-order valence-electron chi connectivity index (χ2n) is 8.47. The molecule has 196 valence electrons. The third kappa shape index (κ3) is 9.84. The number of amides is 1. The Morgan fingerprint density at radius 3 is 2.86 bits per heavy atom. The standard InChI is InChI=1S/C25H34N4O6S/c26-12-13-27-24(30)5-2-1-3-17-34-21-7-8-22-23(19-21)35-25(28-22)9-6-20-10-15-29(16-11-20)14-4-18-36(31,32)33/h6-11,15,19H,1-5,12-14,16-18,26H2,(H,27,30)(H,31,32,33)/b9-6+. The number of hydrogen-bond donors (Lipinski definition) is 3. The molecule has 2 aromatic rings. The van der Waals surface area contributed by atoms with Crippen molar-refractivity contribution in [3.8, 4) is 5.75 Å². The molecule has 1 amide bonds. The summed E-state index contributed by atoms with van der Waals surface area (Å²) in [4.78, 5) is 18.0. The number of rotatable bonds is 15. The van der Waals surface area contributed by atoms with Crippen LogP contribution in [0.15, 0.2) is 52.6 Å². The molecule has 0 bridgehead atoms. The molecule has 3 rings (SSSR count). The molecule has 0 radical (unpaired) electrons. The molecule has 0 saturated heterocycles. The second-order valence-corrected chi connectivity index (χ2v) is 10.0. The lowest BCUT2D eigenvalue weighted by molar-refractivity contribution is -0.121. The van der Waals surface area contributed by atoms with E-state index in [1.165, 1.54) is 0 Å². The van der Waals surface area contributed by atoms with Gasteiger partial charge < -0.3 is 25.1 Å². The molecular formula is C25H34N4O6S. The highest BCUT2D eigenvalue weighted by Crippen LogP contribution is 2.23. The van der Waals surface area contributed by atoms with Gasteiger partial charge in [0.25, 0.3) is 10.1 Å². The summed E-state index contributed by atoms with van der Waals surface area (Å²) in [6, 6.07) is 5.54. The predicted molar refractivity (Wildman–Crippen MR) is 139 cm³/mol. The van der Waals surface area contributed by atoms with Crippen LogP contribution in [0.4, 0.5) is 0 Å². The van der Waals surface area contributed by atoms with Crippen molar-refractivity contribution in [1.82, 2.24) is 15.2 Å². The first-order chi connectivity index (χ1) is 17.3. The summed E-state index contributed by atoms with van der Waals surface area (Å²) in [7, 11) is -3.92. The lowest BCUT2D eigenvalue weighted by Gasteiger charge is -2.21. The minimum atomic E-state index is -3.92. The van der Waals surface area contributed by atoms with Crippen molar-refractivity contribution in [1.29, 1.82) is 0 Å². The predicted octanol–water partition coefficient (Wildman–Crippen LogP) is 2.89. The van der Waals surface area contributed by atoms with E-state index in [9.17, 15) is 13.2 Å². The minimum absolute atomic E-state index is 0.0357. The van der Waals surface area contributed by atoms with Gasteiger partial charge >= 0.3 is 0 Å². The summed E-state index contributed by atoms with van der Waals surface area (Å²) in [6.07, 6.45) is 13.0. The van der Waals surface area contributed by atoms with Crippen LogP contribution >= 0.6 is 0 Å². The van der Waals surface area contributed by atoms with Crippen LogP contribution in [0.5, 0.6) is 5.75 Å². The van der Waals surface area contributed by atoms with E-state index in [1.54, 1.807) is 6.08 Å².